The molecule has 2 nitrogen and oxygen atoms in total. The Balaban J connectivity index is 2.07. The van der Waals surface area contributed by atoms with Crippen LogP contribution in [0.25, 0.3) is 0 Å². The Labute approximate surface area is 89.0 Å². The molecule has 1 aliphatic rings. The summed E-state index contributed by atoms with van der Waals surface area (Å²) in [7, 11) is 0. The van der Waals surface area contributed by atoms with Gasteiger partial charge in [0.15, 0.2) is 0 Å². The third kappa shape index (κ3) is 2.29. The van der Waals surface area contributed by atoms with E-state index in [-0.39, 0.29) is 0 Å². The van der Waals surface area contributed by atoms with Gasteiger partial charge in [-0.2, -0.15) is 0 Å². The van der Waals surface area contributed by atoms with E-state index in [2.05, 4.69) is 35.8 Å². The number of ether oxygens (including phenoxy) is 1. The minimum Gasteiger partial charge on any atom is -0.378 e. The molecule has 1 fully saturated rings. The van der Waals surface area contributed by atoms with Crippen molar-refractivity contribution in [2.75, 3.05) is 26.0 Å². The van der Waals surface area contributed by atoms with Crippen molar-refractivity contribution in [1.82, 2.24) is 5.32 Å². The number of benzene rings is 1. The molecule has 3 heteroatoms. The van der Waals surface area contributed by atoms with E-state index < -0.39 is 0 Å². The molecule has 1 N–H and O–H groups in total. The van der Waals surface area contributed by atoms with Gasteiger partial charge in [0.25, 0.3) is 0 Å². The summed E-state index contributed by atoms with van der Waals surface area (Å²) in [5.41, 5.74) is 1.32. The Morgan fingerprint density at radius 3 is 2.71 bits per heavy atom. The lowest BCUT2D eigenvalue weighted by molar-refractivity contribution is 0.0769. The molecule has 0 spiro atoms. The van der Waals surface area contributed by atoms with Gasteiger partial charge in [0.1, 0.15) is 0 Å². The maximum absolute atomic E-state index is 5.43. The Hall–Kier alpha value is -0.510. The summed E-state index contributed by atoms with van der Waals surface area (Å²) in [6, 6.07) is 9.06. The molecule has 1 atom stereocenters. The lowest BCUT2D eigenvalue weighted by atomic mass is 10.1. The number of nitrogens with one attached hydrogen (secondary N) is 1. The van der Waals surface area contributed by atoms with Crippen LogP contribution in [0.15, 0.2) is 29.2 Å². The second-order valence-electron chi connectivity index (χ2n) is 3.35. The van der Waals surface area contributed by atoms with Gasteiger partial charge in [-0.15, -0.1) is 11.8 Å². The molecule has 14 heavy (non-hydrogen) atoms. The first-order chi connectivity index (χ1) is 6.90. The lowest BCUT2D eigenvalue weighted by Gasteiger charge is -2.24. The van der Waals surface area contributed by atoms with E-state index in [0.29, 0.717) is 6.04 Å². The van der Waals surface area contributed by atoms with Crippen molar-refractivity contribution in [2.24, 2.45) is 0 Å². The van der Waals surface area contributed by atoms with Crippen LogP contribution in [0.1, 0.15) is 11.6 Å². The average Bonchev–Trinajstić information content (AvgIpc) is 2.30. The van der Waals surface area contributed by atoms with Gasteiger partial charge >= 0.3 is 0 Å². The maximum atomic E-state index is 5.43. The van der Waals surface area contributed by atoms with Gasteiger partial charge in [0.05, 0.1) is 19.3 Å². The molecule has 1 aliphatic heterocycles. The summed E-state index contributed by atoms with van der Waals surface area (Å²) < 4.78 is 5.43. The summed E-state index contributed by atoms with van der Waals surface area (Å²) >= 11 is 1.77. The van der Waals surface area contributed by atoms with E-state index in [0.717, 1.165) is 19.8 Å². The molecular weight excluding hydrogens is 194 g/mol. The zero-order valence-electron chi connectivity index (χ0n) is 8.32. The van der Waals surface area contributed by atoms with E-state index in [1.165, 1.54) is 10.5 Å². The highest BCUT2D eigenvalue weighted by Crippen LogP contribution is 2.20. The normalized spacial score (nSPS) is 22.2. The van der Waals surface area contributed by atoms with Crippen LogP contribution in [0, 0.1) is 0 Å². The van der Waals surface area contributed by atoms with Crippen LogP contribution in [-0.4, -0.2) is 26.0 Å². The molecule has 1 aromatic rings. The van der Waals surface area contributed by atoms with Crippen molar-refractivity contribution >= 4 is 11.8 Å². The predicted molar refractivity (Wildman–Crippen MR) is 59.8 cm³/mol. The van der Waals surface area contributed by atoms with Crippen LogP contribution in [0.2, 0.25) is 0 Å². The van der Waals surface area contributed by atoms with E-state index in [1.807, 2.05) is 0 Å². The molecule has 1 heterocycles. The highest BCUT2D eigenvalue weighted by atomic mass is 32.2. The van der Waals surface area contributed by atoms with Crippen molar-refractivity contribution < 1.29 is 4.74 Å². The summed E-state index contributed by atoms with van der Waals surface area (Å²) in [6.45, 7) is 2.58. The predicted octanol–water partition coefficient (Wildman–Crippen LogP) is 2.07. The van der Waals surface area contributed by atoms with Crippen LogP contribution >= 0.6 is 11.8 Å². The van der Waals surface area contributed by atoms with Gasteiger partial charge in [0, 0.05) is 11.4 Å². The Bertz CT molecular complexity index is 280. The van der Waals surface area contributed by atoms with Crippen molar-refractivity contribution in [3.8, 4) is 0 Å². The number of rotatable bonds is 2. The van der Waals surface area contributed by atoms with E-state index in [9.17, 15) is 0 Å². The zero-order valence-corrected chi connectivity index (χ0v) is 9.14. The third-order valence-electron chi connectivity index (χ3n) is 2.44. The van der Waals surface area contributed by atoms with E-state index in [1.54, 1.807) is 11.8 Å². The maximum Gasteiger partial charge on any atom is 0.0662 e. The Morgan fingerprint density at radius 1 is 1.36 bits per heavy atom. The Kier molecular flexibility index (Phi) is 3.45. The second-order valence-corrected chi connectivity index (χ2v) is 4.23. The molecule has 0 aromatic heterocycles. The number of morpholine rings is 1. The van der Waals surface area contributed by atoms with Crippen LogP contribution < -0.4 is 5.32 Å². The van der Waals surface area contributed by atoms with Crippen molar-refractivity contribution in [2.45, 2.75) is 10.9 Å². The summed E-state index contributed by atoms with van der Waals surface area (Å²) in [4.78, 5) is 1.31. The minimum absolute atomic E-state index is 0.375. The quantitative estimate of drug-likeness (QED) is 0.753. The molecule has 0 unspecified atom stereocenters. The van der Waals surface area contributed by atoms with Crippen molar-refractivity contribution in [3.63, 3.8) is 0 Å². The molecule has 0 amide bonds. The Morgan fingerprint density at radius 2 is 2.14 bits per heavy atom. The average molecular weight is 209 g/mol. The van der Waals surface area contributed by atoms with Crippen LogP contribution in [0.4, 0.5) is 0 Å². The molecule has 76 valence electrons. The van der Waals surface area contributed by atoms with Gasteiger partial charge in [-0.3, -0.25) is 0 Å². The number of thioether (sulfide) groups is 1. The smallest absolute Gasteiger partial charge is 0.0662 e. The van der Waals surface area contributed by atoms with Crippen molar-refractivity contribution in [1.29, 1.82) is 0 Å². The van der Waals surface area contributed by atoms with Crippen LogP contribution in [-0.2, 0) is 4.74 Å². The summed E-state index contributed by atoms with van der Waals surface area (Å²) in [5, 5.41) is 3.44. The van der Waals surface area contributed by atoms with E-state index in [4.69, 9.17) is 4.74 Å². The number of hydrogen-bond donors (Lipinski definition) is 1. The zero-order chi connectivity index (χ0) is 9.80. The monoisotopic (exact) mass is 209 g/mol. The molecule has 0 aliphatic carbocycles. The summed E-state index contributed by atoms with van der Waals surface area (Å²) in [6.07, 6.45) is 2.09. The van der Waals surface area contributed by atoms with Crippen LogP contribution in [0.5, 0.6) is 0 Å². The topological polar surface area (TPSA) is 21.3 Å². The van der Waals surface area contributed by atoms with Crippen LogP contribution in [0.3, 0.4) is 0 Å². The van der Waals surface area contributed by atoms with Gasteiger partial charge < -0.3 is 10.1 Å². The molecule has 0 saturated carbocycles. The minimum atomic E-state index is 0.375. The largest absolute Gasteiger partial charge is 0.378 e. The van der Waals surface area contributed by atoms with E-state index >= 15 is 0 Å². The standard InChI is InChI=1S/C11H15NOS/c1-14-10-4-2-9(3-5-10)11-8-13-7-6-12-11/h2-5,11-12H,6-8H2,1H3/t11-/m0/s1. The second kappa shape index (κ2) is 4.82. The highest BCUT2D eigenvalue weighted by Gasteiger charge is 2.14. The summed E-state index contributed by atoms with van der Waals surface area (Å²) in [5.74, 6) is 0. The first-order valence-electron chi connectivity index (χ1n) is 4.85. The molecule has 1 aromatic carbocycles. The third-order valence-corrected chi connectivity index (χ3v) is 3.18. The van der Waals surface area contributed by atoms with Gasteiger partial charge in [-0.1, -0.05) is 12.1 Å². The molecular formula is C11H15NOS. The lowest BCUT2D eigenvalue weighted by Crippen LogP contribution is -2.34. The SMILES string of the molecule is CSc1ccc([C@@H]2COCCN2)cc1. The van der Waals surface area contributed by atoms with Crippen molar-refractivity contribution in [3.05, 3.63) is 29.8 Å². The van der Waals surface area contributed by atoms with Gasteiger partial charge in [0.2, 0.25) is 0 Å². The number of hydrogen-bond acceptors (Lipinski definition) is 3. The van der Waals surface area contributed by atoms with Gasteiger partial charge in [-0.05, 0) is 24.0 Å². The fourth-order valence-corrected chi connectivity index (χ4v) is 2.02. The molecule has 1 saturated heterocycles. The van der Waals surface area contributed by atoms with Gasteiger partial charge in [-0.25, -0.2) is 0 Å². The molecule has 0 bridgehead atoms. The first-order valence-corrected chi connectivity index (χ1v) is 6.07. The fourth-order valence-electron chi connectivity index (χ4n) is 1.62. The molecule has 0 radical (unpaired) electrons. The molecule has 2 rings (SSSR count). The highest BCUT2D eigenvalue weighted by molar-refractivity contribution is 7.98. The fraction of sp³-hybridized carbons (Fsp3) is 0.455. The first kappa shape index (κ1) is 10.0.